The first kappa shape index (κ1) is 18.5. The van der Waals surface area contributed by atoms with Gasteiger partial charge < -0.3 is 25.5 Å². The maximum absolute atomic E-state index is 11.9. The van der Waals surface area contributed by atoms with Gasteiger partial charge in [0, 0.05) is 18.5 Å². The fraction of sp³-hybridized carbons (Fsp3) is 0.389. The van der Waals surface area contributed by atoms with Crippen molar-refractivity contribution >= 4 is 30.0 Å². The van der Waals surface area contributed by atoms with E-state index in [2.05, 4.69) is 16.5 Å². The molecule has 1 unspecified atom stereocenters. The lowest BCUT2D eigenvalue weighted by molar-refractivity contribution is 0.0342. The number of benzene rings is 1. The number of amides is 1. The van der Waals surface area contributed by atoms with Gasteiger partial charge in [0.15, 0.2) is 5.82 Å². The van der Waals surface area contributed by atoms with Crippen molar-refractivity contribution in [1.82, 2.24) is 9.78 Å². The van der Waals surface area contributed by atoms with Crippen LogP contribution >= 0.6 is 0 Å². The highest BCUT2D eigenvalue weighted by Gasteiger charge is 2.31. The molecular weight excluding hydrogens is 361 g/mol. The van der Waals surface area contributed by atoms with Crippen molar-refractivity contribution in [3.05, 3.63) is 35.0 Å². The summed E-state index contributed by atoms with van der Waals surface area (Å²) in [6.45, 7) is 3.08. The van der Waals surface area contributed by atoms with Crippen molar-refractivity contribution in [2.75, 3.05) is 18.5 Å². The maximum atomic E-state index is 11.9. The maximum Gasteiger partial charge on any atom is 0.492 e. The molecule has 0 spiro atoms. The van der Waals surface area contributed by atoms with Crippen LogP contribution in [0, 0.1) is 24.2 Å². The molecule has 2 aliphatic heterocycles. The van der Waals surface area contributed by atoms with Gasteiger partial charge in [-0.3, -0.25) is 9.48 Å². The standard InChI is InChI=1S/C18H20BN5O4/c1-10-4-13(5-12-8-28-19(26)16(10)12)22-18-14(17(21)25)7-24(23-18)15-9-27-3-2-11(15)6-20/h4-5,7,11,15,26H,2-3,8-9H2,1H3,(H2,21,25)(H,22,23)/t11-,15?/m1/s1. The van der Waals surface area contributed by atoms with Gasteiger partial charge >= 0.3 is 7.12 Å². The molecule has 10 heteroatoms. The Morgan fingerprint density at radius 3 is 3.11 bits per heavy atom. The van der Waals surface area contributed by atoms with E-state index in [1.807, 2.05) is 19.1 Å². The van der Waals surface area contributed by atoms with Crippen molar-refractivity contribution in [3.63, 3.8) is 0 Å². The van der Waals surface area contributed by atoms with Gasteiger partial charge in [0.25, 0.3) is 5.91 Å². The van der Waals surface area contributed by atoms with Gasteiger partial charge in [-0.15, -0.1) is 0 Å². The molecular formula is C18H20BN5O4. The molecule has 3 heterocycles. The van der Waals surface area contributed by atoms with Crippen molar-refractivity contribution in [2.24, 2.45) is 11.7 Å². The number of nitrogens with zero attached hydrogens (tertiary/aromatic N) is 3. The number of aryl methyl sites for hydroxylation is 1. The first-order chi connectivity index (χ1) is 13.5. The van der Waals surface area contributed by atoms with Crippen LogP contribution < -0.4 is 16.5 Å². The van der Waals surface area contributed by atoms with Crippen molar-refractivity contribution in [3.8, 4) is 6.07 Å². The molecule has 1 saturated heterocycles. The molecule has 2 aromatic rings. The summed E-state index contributed by atoms with van der Waals surface area (Å²) in [7, 11) is -0.918. The average molecular weight is 381 g/mol. The van der Waals surface area contributed by atoms with Crippen LogP contribution in [0.25, 0.3) is 0 Å². The molecule has 1 amide bonds. The summed E-state index contributed by atoms with van der Waals surface area (Å²) >= 11 is 0. The molecule has 9 nitrogen and oxygen atoms in total. The number of hydrogen-bond donors (Lipinski definition) is 3. The SMILES string of the molecule is Cc1cc(Nc2nn(C3COCC[C@@H]3C#N)cc2C(N)=O)cc2c1B(O)OC2. The summed E-state index contributed by atoms with van der Waals surface area (Å²) in [5, 5.41) is 26.9. The van der Waals surface area contributed by atoms with Crippen LogP contribution in [0.1, 0.15) is 33.9 Å². The lowest BCUT2D eigenvalue weighted by Gasteiger charge is -2.26. The smallest absolute Gasteiger partial charge is 0.423 e. The van der Waals surface area contributed by atoms with E-state index in [1.165, 1.54) is 0 Å². The third-order valence-electron chi connectivity index (χ3n) is 5.21. The Morgan fingerprint density at radius 1 is 1.54 bits per heavy atom. The number of ether oxygens (including phenoxy) is 1. The zero-order valence-corrected chi connectivity index (χ0v) is 15.4. The molecule has 0 saturated carbocycles. The monoisotopic (exact) mass is 381 g/mol. The number of anilines is 2. The van der Waals surface area contributed by atoms with Gasteiger partial charge in [0.2, 0.25) is 0 Å². The topological polar surface area (TPSA) is 135 Å². The summed E-state index contributed by atoms with van der Waals surface area (Å²) in [4.78, 5) is 11.9. The molecule has 1 aromatic carbocycles. The van der Waals surface area contributed by atoms with Crippen molar-refractivity contribution < 1.29 is 19.2 Å². The number of aromatic nitrogens is 2. The summed E-state index contributed by atoms with van der Waals surface area (Å²) in [5.74, 6) is -0.549. The highest BCUT2D eigenvalue weighted by molar-refractivity contribution is 6.62. The second kappa shape index (κ2) is 7.28. The van der Waals surface area contributed by atoms with Crippen LogP contribution in [0.4, 0.5) is 11.5 Å². The summed E-state index contributed by atoms with van der Waals surface area (Å²) in [6, 6.07) is 5.71. The van der Waals surface area contributed by atoms with E-state index >= 15 is 0 Å². The van der Waals surface area contributed by atoms with Crippen LogP contribution in [0.5, 0.6) is 0 Å². The van der Waals surface area contributed by atoms with Crippen LogP contribution in [-0.4, -0.2) is 41.0 Å². The number of carbonyl (C=O) groups excluding carboxylic acids is 1. The highest BCUT2D eigenvalue weighted by Crippen LogP contribution is 2.29. The number of primary amides is 1. The second-order valence-electron chi connectivity index (χ2n) is 7.06. The van der Waals surface area contributed by atoms with Crippen molar-refractivity contribution in [1.29, 1.82) is 5.26 Å². The Hall–Kier alpha value is -2.87. The largest absolute Gasteiger partial charge is 0.492 e. The van der Waals surface area contributed by atoms with Gasteiger partial charge in [-0.05, 0) is 42.1 Å². The lowest BCUT2D eigenvalue weighted by atomic mass is 9.76. The fourth-order valence-corrected chi connectivity index (χ4v) is 3.77. The van der Waals surface area contributed by atoms with E-state index < -0.39 is 13.0 Å². The van der Waals surface area contributed by atoms with Gasteiger partial charge in [0.05, 0.1) is 31.2 Å². The van der Waals surface area contributed by atoms with Crippen LogP contribution in [0.2, 0.25) is 0 Å². The molecule has 0 aliphatic carbocycles. The Balaban J connectivity index is 1.67. The Bertz CT molecular complexity index is 970. The predicted molar refractivity (Wildman–Crippen MR) is 101 cm³/mol. The van der Waals surface area contributed by atoms with E-state index in [4.69, 9.17) is 15.1 Å². The number of nitriles is 1. The molecule has 1 fully saturated rings. The van der Waals surface area contributed by atoms with E-state index in [-0.39, 0.29) is 17.5 Å². The molecule has 2 aliphatic rings. The fourth-order valence-electron chi connectivity index (χ4n) is 3.77. The van der Waals surface area contributed by atoms with Crippen molar-refractivity contribution in [2.45, 2.75) is 26.0 Å². The van der Waals surface area contributed by atoms with Crippen LogP contribution in [0.3, 0.4) is 0 Å². The summed E-state index contributed by atoms with van der Waals surface area (Å²) in [5.41, 5.74) is 8.99. The third-order valence-corrected chi connectivity index (χ3v) is 5.21. The zero-order valence-electron chi connectivity index (χ0n) is 15.4. The zero-order chi connectivity index (χ0) is 19.8. The Morgan fingerprint density at radius 2 is 2.36 bits per heavy atom. The van der Waals surface area contributed by atoms with Crippen LogP contribution in [-0.2, 0) is 16.0 Å². The second-order valence-corrected chi connectivity index (χ2v) is 7.06. The molecule has 4 N–H and O–H groups in total. The minimum absolute atomic E-state index is 0.233. The third kappa shape index (κ3) is 3.24. The Kier molecular flexibility index (Phi) is 4.81. The van der Waals surface area contributed by atoms with Crippen LogP contribution in [0.15, 0.2) is 18.3 Å². The first-order valence-electron chi connectivity index (χ1n) is 9.04. The quantitative estimate of drug-likeness (QED) is 0.651. The average Bonchev–Trinajstić information content (AvgIpc) is 3.26. The predicted octanol–water partition coefficient (Wildman–Crippen LogP) is 0.353. The summed E-state index contributed by atoms with van der Waals surface area (Å²) < 4.78 is 12.3. The first-order valence-corrected chi connectivity index (χ1v) is 9.04. The van der Waals surface area contributed by atoms with Gasteiger partial charge in [0.1, 0.15) is 5.56 Å². The van der Waals surface area contributed by atoms with Gasteiger partial charge in [-0.25, -0.2) is 0 Å². The van der Waals surface area contributed by atoms with E-state index in [0.29, 0.717) is 37.7 Å². The molecule has 0 bridgehead atoms. The minimum atomic E-state index is -0.918. The number of nitrogens with two attached hydrogens (primary N) is 1. The summed E-state index contributed by atoms with van der Waals surface area (Å²) in [6.07, 6.45) is 2.17. The van der Waals surface area contributed by atoms with E-state index in [9.17, 15) is 15.1 Å². The molecule has 144 valence electrons. The number of fused-ring (bicyclic) bond motifs is 1. The molecule has 0 radical (unpaired) electrons. The highest BCUT2D eigenvalue weighted by atomic mass is 16.5. The van der Waals surface area contributed by atoms with E-state index in [0.717, 1.165) is 16.6 Å². The molecule has 2 atom stereocenters. The number of hydrogen-bond acceptors (Lipinski definition) is 7. The number of nitrogens with one attached hydrogen (secondary N) is 1. The van der Waals surface area contributed by atoms with Gasteiger partial charge in [-0.2, -0.15) is 10.4 Å². The van der Waals surface area contributed by atoms with E-state index in [1.54, 1.807) is 10.9 Å². The van der Waals surface area contributed by atoms with Gasteiger partial charge in [-0.1, -0.05) is 0 Å². The molecule has 1 aromatic heterocycles. The molecule has 4 rings (SSSR count). The minimum Gasteiger partial charge on any atom is -0.423 e. The molecule has 28 heavy (non-hydrogen) atoms. The Labute approximate surface area is 162 Å². The number of carbonyl (C=O) groups is 1. The lowest BCUT2D eigenvalue weighted by Crippen LogP contribution is -2.30. The number of rotatable bonds is 4. The normalized spacial score (nSPS) is 21.2.